The van der Waals surface area contributed by atoms with Crippen molar-refractivity contribution in [3.05, 3.63) is 29.3 Å². The molecular weight excluding hydrogens is 230 g/mol. The first-order valence-electron chi connectivity index (χ1n) is 6.07. The van der Waals surface area contributed by atoms with E-state index in [4.69, 9.17) is 0 Å². The van der Waals surface area contributed by atoms with Gasteiger partial charge in [-0.15, -0.1) is 11.8 Å². The molecule has 92 valence electrons. The molecule has 0 bridgehead atoms. The van der Waals surface area contributed by atoms with Gasteiger partial charge in [0.2, 0.25) is 0 Å². The van der Waals surface area contributed by atoms with Crippen LogP contribution in [-0.2, 0) is 0 Å². The highest BCUT2D eigenvalue weighted by Crippen LogP contribution is 2.32. The summed E-state index contributed by atoms with van der Waals surface area (Å²) in [5, 5.41) is 3.10. The van der Waals surface area contributed by atoms with Crippen LogP contribution < -0.4 is 5.32 Å². The lowest BCUT2D eigenvalue weighted by molar-refractivity contribution is 0.0935. The third-order valence-electron chi connectivity index (χ3n) is 3.38. The van der Waals surface area contributed by atoms with Gasteiger partial charge in [0.1, 0.15) is 0 Å². The minimum atomic E-state index is 0.0674. The van der Waals surface area contributed by atoms with E-state index < -0.39 is 0 Å². The maximum absolute atomic E-state index is 12.2. The van der Waals surface area contributed by atoms with Crippen molar-refractivity contribution in [2.24, 2.45) is 5.92 Å². The number of carbonyl (C=O) groups is 1. The van der Waals surface area contributed by atoms with Crippen LogP contribution in [0.5, 0.6) is 0 Å². The first kappa shape index (κ1) is 12.5. The highest BCUT2D eigenvalue weighted by atomic mass is 32.2. The summed E-state index contributed by atoms with van der Waals surface area (Å²) in [5.74, 6) is 0.765. The number of nitrogens with one attached hydrogen (secondary N) is 1. The Bertz CT molecular complexity index is 426. The van der Waals surface area contributed by atoms with Gasteiger partial charge in [0.25, 0.3) is 5.91 Å². The van der Waals surface area contributed by atoms with Crippen molar-refractivity contribution in [1.29, 1.82) is 0 Å². The van der Waals surface area contributed by atoms with Gasteiger partial charge in [0, 0.05) is 16.5 Å². The average Bonchev–Trinajstić information content (AvgIpc) is 3.13. The van der Waals surface area contributed by atoms with Gasteiger partial charge in [0.05, 0.1) is 0 Å². The fourth-order valence-electron chi connectivity index (χ4n) is 1.97. The Kier molecular flexibility index (Phi) is 3.77. The van der Waals surface area contributed by atoms with E-state index in [0.717, 1.165) is 16.0 Å². The summed E-state index contributed by atoms with van der Waals surface area (Å²) in [4.78, 5) is 13.3. The highest BCUT2D eigenvalue weighted by molar-refractivity contribution is 7.98. The summed E-state index contributed by atoms with van der Waals surface area (Å²) >= 11 is 1.67. The lowest BCUT2D eigenvalue weighted by Crippen LogP contribution is -2.34. The maximum atomic E-state index is 12.2. The van der Waals surface area contributed by atoms with Crippen LogP contribution in [0.3, 0.4) is 0 Å². The van der Waals surface area contributed by atoms with Gasteiger partial charge in [0.15, 0.2) is 0 Å². The van der Waals surface area contributed by atoms with Crippen LogP contribution in [0, 0.1) is 12.8 Å². The summed E-state index contributed by atoms with van der Waals surface area (Å²) in [6.07, 6.45) is 4.54. The normalized spacial score (nSPS) is 16.6. The van der Waals surface area contributed by atoms with Gasteiger partial charge in [-0.3, -0.25) is 4.79 Å². The number of carbonyl (C=O) groups excluding carboxylic acids is 1. The minimum absolute atomic E-state index is 0.0674. The minimum Gasteiger partial charge on any atom is -0.349 e. The molecule has 0 aliphatic heterocycles. The number of hydrogen-bond acceptors (Lipinski definition) is 2. The quantitative estimate of drug-likeness (QED) is 0.830. The topological polar surface area (TPSA) is 29.1 Å². The van der Waals surface area contributed by atoms with E-state index in [0.29, 0.717) is 12.0 Å². The van der Waals surface area contributed by atoms with Gasteiger partial charge < -0.3 is 5.32 Å². The summed E-state index contributed by atoms with van der Waals surface area (Å²) < 4.78 is 0. The van der Waals surface area contributed by atoms with E-state index in [1.807, 2.05) is 25.3 Å². The Morgan fingerprint density at radius 3 is 2.76 bits per heavy atom. The lowest BCUT2D eigenvalue weighted by atomic mass is 10.1. The van der Waals surface area contributed by atoms with E-state index in [2.05, 4.69) is 18.3 Å². The summed E-state index contributed by atoms with van der Waals surface area (Å²) in [6.45, 7) is 4.09. The van der Waals surface area contributed by atoms with Crippen molar-refractivity contribution >= 4 is 17.7 Å². The van der Waals surface area contributed by atoms with Crippen LogP contribution in [0.4, 0.5) is 0 Å². The molecule has 1 aromatic carbocycles. The maximum Gasteiger partial charge on any atom is 0.251 e. The Hall–Kier alpha value is -0.960. The zero-order chi connectivity index (χ0) is 12.4. The molecule has 17 heavy (non-hydrogen) atoms. The molecule has 0 heterocycles. The average molecular weight is 249 g/mol. The van der Waals surface area contributed by atoms with Gasteiger partial charge in [-0.05, 0) is 56.6 Å². The van der Waals surface area contributed by atoms with Crippen molar-refractivity contribution in [3.8, 4) is 0 Å². The van der Waals surface area contributed by atoms with Gasteiger partial charge in [-0.1, -0.05) is 6.07 Å². The molecule has 1 saturated carbocycles. The number of amides is 1. The molecule has 2 nitrogen and oxygen atoms in total. The van der Waals surface area contributed by atoms with Crippen LogP contribution in [-0.4, -0.2) is 18.2 Å². The Balaban J connectivity index is 2.11. The Morgan fingerprint density at radius 2 is 2.18 bits per heavy atom. The fourth-order valence-corrected chi connectivity index (χ4v) is 2.41. The molecule has 0 aromatic heterocycles. The van der Waals surface area contributed by atoms with E-state index in [-0.39, 0.29) is 5.91 Å². The van der Waals surface area contributed by atoms with Gasteiger partial charge in [-0.25, -0.2) is 0 Å². The van der Waals surface area contributed by atoms with Crippen LogP contribution in [0.25, 0.3) is 0 Å². The second-order valence-corrected chi connectivity index (χ2v) is 5.66. The third-order valence-corrected chi connectivity index (χ3v) is 4.10. The molecule has 1 N–H and O–H groups in total. The van der Waals surface area contributed by atoms with Crippen LogP contribution in [0.2, 0.25) is 0 Å². The lowest BCUT2D eigenvalue weighted by Gasteiger charge is -2.14. The molecule has 1 fully saturated rings. The monoisotopic (exact) mass is 249 g/mol. The van der Waals surface area contributed by atoms with Crippen molar-refractivity contribution in [3.63, 3.8) is 0 Å². The van der Waals surface area contributed by atoms with Crippen LogP contribution in [0.1, 0.15) is 35.7 Å². The number of thioether (sulfide) groups is 1. The SMILES string of the molecule is CSc1ccc(C)c(C(=O)NC(C)C2CC2)c1. The largest absolute Gasteiger partial charge is 0.349 e. The molecule has 1 aromatic rings. The van der Waals surface area contributed by atoms with Gasteiger partial charge in [-0.2, -0.15) is 0 Å². The molecule has 1 amide bonds. The number of aryl methyl sites for hydroxylation is 1. The Morgan fingerprint density at radius 1 is 1.47 bits per heavy atom. The molecule has 1 aliphatic rings. The first-order chi connectivity index (χ1) is 8.11. The van der Waals surface area contributed by atoms with E-state index in [9.17, 15) is 4.79 Å². The van der Waals surface area contributed by atoms with Crippen LogP contribution >= 0.6 is 11.8 Å². The standard InChI is InChI=1S/C14H19NOS/c1-9-4-7-12(17-3)8-13(9)14(16)15-10(2)11-5-6-11/h4,7-8,10-11H,5-6H2,1-3H3,(H,15,16). The van der Waals surface area contributed by atoms with E-state index in [1.165, 1.54) is 12.8 Å². The van der Waals surface area contributed by atoms with E-state index in [1.54, 1.807) is 11.8 Å². The second kappa shape index (κ2) is 5.13. The number of hydrogen-bond donors (Lipinski definition) is 1. The first-order valence-corrected chi connectivity index (χ1v) is 7.30. The predicted octanol–water partition coefficient (Wildman–Crippen LogP) is 3.25. The zero-order valence-electron chi connectivity index (χ0n) is 10.6. The Labute approximate surface area is 107 Å². The summed E-state index contributed by atoms with van der Waals surface area (Å²) in [6, 6.07) is 6.36. The molecule has 0 saturated heterocycles. The number of rotatable bonds is 4. The van der Waals surface area contributed by atoms with E-state index >= 15 is 0 Å². The molecular formula is C14H19NOS. The summed E-state index contributed by atoms with van der Waals surface area (Å²) in [7, 11) is 0. The number of benzene rings is 1. The molecule has 2 rings (SSSR count). The highest BCUT2D eigenvalue weighted by Gasteiger charge is 2.29. The second-order valence-electron chi connectivity index (χ2n) is 4.78. The smallest absolute Gasteiger partial charge is 0.251 e. The summed E-state index contributed by atoms with van der Waals surface area (Å²) in [5.41, 5.74) is 1.85. The predicted molar refractivity (Wildman–Crippen MR) is 72.6 cm³/mol. The molecule has 1 atom stereocenters. The third kappa shape index (κ3) is 3.03. The molecule has 1 aliphatic carbocycles. The van der Waals surface area contributed by atoms with Crippen molar-refractivity contribution in [2.75, 3.05) is 6.26 Å². The molecule has 1 unspecified atom stereocenters. The van der Waals surface area contributed by atoms with Gasteiger partial charge >= 0.3 is 0 Å². The van der Waals surface area contributed by atoms with Crippen molar-refractivity contribution in [2.45, 2.75) is 37.6 Å². The van der Waals surface area contributed by atoms with Crippen molar-refractivity contribution < 1.29 is 4.79 Å². The van der Waals surface area contributed by atoms with Crippen LogP contribution in [0.15, 0.2) is 23.1 Å². The molecule has 0 radical (unpaired) electrons. The molecule has 0 spiro atoms. The fraction of sp³-hybridized carbons (Fsp3) is 0.500. The molecule has 3 heteroatoms. The zero-order valence-corrected chi connectivity index (χ0v) is 11.4. The van der Waals surface area contributed by atoms with Crippen molar-refractivity contribution in [1.82, 2.24) is 5.32 Å².